The third-order valence-electron chi connectivity index (χ3n) is 5.80. The molecule has 1 atom stereocenters. The average molecular weight is 463 g/mol. The van der Waals surface area contributed by atoms with Crippen molar-refractivity contribution >= 4 is 11.9 Å². The standard InChI is InChI=1S/C28H46O5/c1-19(2)11-10-12-20(3)15-16-32-21-17-22(27(4,5)6)26(23(18-21)28(7,8)9)33-25(31)14-13-24(29)30/h17-20H,10-16H2,1-9H3,(H,29,30). The number of rotatable bonds is 12. The van der Waals surface area contributed by atoms with E-state index in [-0.39, 0.29) is 23.7 Å². The predicted octanol–water partition coefficient (Wildman–Crippen LogP) is 7.28. The molecule has 0 radical (unpaired) electrons. The Balaban J connectivity index is 3.10. The van der Waals surface area contributed by atoms with Crippen LogP contribution in [0.25, 0.3) is 0 Å². The molecule has 0 bridgehead atoms. The van der Waals surface area contributed by atoms with Crippen molar-refractivity contribution in [1.29, 1.82) is 0 Å². The average Bonchev–Trinajstić information content (AvgIpc) is 2.65. The summed E-state index contributed by atoms with van der Waals surface area (Å²) in [5.41, 5.74) is 1.20. The zero-order valence-corrected chi connectivity index (χ0v) is 22.3. The molecule has 0 aromatic heterocycles. The van der Waals surface area contributed by atoms with Gasteiger partial charge in [0, 0.05) is 11.1 Å². The van der Waals surface area contributed by atoms with Crippen LogP contribution in [0.3, 0.4) is 0 Å². The molecule has 0 aliphatic heterocycles. The van der Waals surface area contributed by atoms with Crippen molar-refractivity contribution in [3.05, 3.63) is 23.3 Å². The second-order valence-electron chi connectivity index (χ2n) is 11.8. The molecule has 1 rings (SSSR count). The Kier molecular flexibility index (Phi) is 10.9. The van der Waals surface area contributed by atoms with Gasteiger partial charge in [-0.2, -0.15) is 0 Å². The molecule has 0 heterocycles. The zero-order valence-electron chi connectivity index (χ0n) is 22.3. The molecule has 1 unspecified atom stereocenters. The van der Waals surface area contributed by atoms with E-state index in [1.54, 1.807) is 0 Å². The molecular weight excluding hydrogens is 416 g/mol. The van der Waals surface area contributed by atoms with Gasteiger partial charge in [0.25, 0.3) is 0 Å². The van der Waals surface area contributed by atoms with Crippen LogP contribution in [0.1, 0.15) is 112 Å². The molecule has 5 nitrogen and oxygen atoms in total. The van der Waals surface area contributed by atoms with Crippen LogP contribution in [-0.2, 0) is 20.4 Å². The van der Waals surface area contributed by atoms with Crippen molar-refractivity contribution in [3.63, 3.8) is 0 Å². The van der Waals surface area contributed by atoms with Gasteiger partial charge in [-0.1, -0.05) is 81.6 Å². The fraction of sp³-hybridized carbons (Fsp3) is 0.714. The smallest absolute Gasteiger partial charge is 0.311 e. The molecule has 1 N–H and O–H groups in total. The summed E-state index contributed by atoms with van der Waals surface area (Å²) < 4.78 is 12.0. The van der Waals surface area contributed by atoms with Gasteiger partial charge >= 0.3 is 11.9 Å². The van der Waals surface area contributed by atoms with Gasteiger partial charge in [0.05, 0.1) is 19.4 Å². The van der Waals surface area contributed by atoms with E-state index in [1.165, 1.54) is 19.3 Å². The molecule has 0 saturated carbocycles. The molecular formula is C28H46O5. The van der Waals surface area contributed by atoms with Crippen molar-refractivity contribution in [3.8, 4) is 11.5 Å². The maximum Gasteiger partial charge on any atom is 0.311 e. The first kappa shape index (κ1) is 29.0. The van der Waals surface area contributed by atoms with Gasteiger partial charge in [-0.25, -0.2) is 0 Å². The second kappa shape index (κ2) is 12.4. The fourth-order valence-corrected chi connectivity index (χ4v) is 3.68. The number of aliphatic carboxylic acids is 1. The lowest BCUT2D eigenvalue weighted by atomic mass is 9.79. The Bertz CT molecular complexity index is 745. The summed E-state index contributed by atoms with van der Waals surface area (Å²) in [5, 5.41) is 8.90. The lowest BCUT2D eigenvalue weighted by Crippen LogP contribution is -2.22. The third-order valence-corrected chi connectivity index (χ3v) is 5.80. The predicted molar refractivity (Wildman–Crippen MR) is 134 cm³/mol. The zero-order chi connectivity index (χ0) is 25.4. The molecule has 1 aromatic rings. The molecule has 33 heavy (non-hydrogen) atoms. The summed E-state index contributed by atoms with van der Waals surface area (Å²) in [6, 6.07) is 3.94. The highest BCUT2D eigenvalue weighted by Gasteiger charge is 2.30. The van der Waals surface area contributed by atoms with E-state index in [2.05, 4.69) is 62.3 Å². The van der Waals surface area contributed by atoms with E-state index < -0.39 is 11.9 Å². The Morgan fingerprint density at radius 3 is 1.88 bits per heavy atom. The lowest BCUT2D eigenvalue weighted by Gasteiger charge is -2.30. The molecule has 0 aliphatic rings. The van der Waals surface area contributed by atoms with Gasteiger partial charge in [0.1, 0.15) is 11.5 Å². The van der Waals surface area contributed by atoms with Crippen molar-refractivity contribution in [2.75, 3.05) is 6.61 Å². The van der Waals surface area contributed by atoms with Crippen LogP contribution < -0.4 is 9.47 Å². The molecule has 5 heteroatoms. The summed E-state index contributed by atoms with van der Waals surface area (Å²) in [4.78, 5) is 23.3. The van der Waals surface area contributed by atoms with Gasteiger partial charge in [-0.05, 0) is 41.2 Å². The van der Waals surface area contributed by atoms with E-state index >= 15 is 0 Å². The van der Waals surface area contributed by atoms with Crippen LogP contribution in [-0.4, -0.2) is 23.7 Å². The number of benzene rings is 1. The van der Waals surface area contributed by atoms with Crippen LogP contribution >= 0.6 is 0 Å². The number of ether oxygens (including phenoxy) is 2. The van der Waals surface area contributed by atoms with Crippen molar-refractivity contribution in [2.45, 2.75) is 112 Å². The van der Waals surface area contributed by atoms with E-state index in [0.29, 0.717) is 18.3 Å². The molecule has 0 amide bonds. The van der Waals surface area contributed by atoms with Crippen molar-refractivity contribution < 1.29 is 24.2 Å². The fourth-order valence-electron chi connectivity index (χ4n) is 3.68. The van der Waals surface area contributed by atoms with Crippen LogP contribution in [0.15, 0.2) is 12.1 Å². The lowest BCUT2D eigenvalue weighted by molar-refractivity contribution is -0.142. The summed E-state index contributed by atoms with van der Waals surface area (Å²) in [6.07, 6.45) is 4.33. The normalized spacial score (nSPS) is 13.2. The number of hydrogen-bond donors (Lipinski definition) is 1. The number of hydrogen-bond acceptors (Lipinski definition) is 4. The van der Waals surface area contributed by atoms with Gasteiger partial charge < -0.3 is 14.6 Å². The van der Waals surface area contributed by atoms with Gasteiger partial charge in [0.15, 0.2) is 0 Å². The van der Waals surface area contributed by atoms with Crippen molar-refractivity contribution in [1.82, 2.24) is 0 Å². The molecule has 0 saturated heterocycles. The highest BCUT2D eigenvalue weighted by atomic mass is 16.5. The summed E-state index contributed by atoms with van der Waals surface area (Å²) >= 11 is 0. The Morgan fingerprint density at radius 1 is 0.879 bits per heavy atom. The summed E-state index contributed by atoms with van der Waals surface area (Å²) in [5.74, 6) is 1.13. The Morgan fingerprint density at radius 2 is 1.42 bits per heavy atom. The van der Waals surface area contributed by atoms with Crippen LogP contribution in [0, 0.1) is 11.8 Å². The molecule has 0 aliphatic carbocycles. The van der Waals surface area contributed by atoms with Crippen LogP contribution in [0.5, 0.6) is 11.5 Å². The van der Waals surface area contributed by atoms with Crippen molar-refractivity contribution in [2.24, 2.45) is 11.8 Å². The van der Waals surface area contributed by atoms with Crippen LogP contribution in [0.2, 0.25) is 0 Å². The summed E-state index contributed by atoms with van der Waals surface area (Å²) in [6.45, 7) is 19.9. The maximum atomic E-state index is 12.4. The van der Waals surface area contributed by atoms with Gasteiger partial charge in [-0.15, -0.1) is 0 Å². The number of esters is 1. The van der Waals surface area contributed by atoms with Gasteiger partial charge in [-0.3, -0.25) is 9.59 Å². The quantitative estimate of drug-likeness (QED) is 0.261. The van der Waals surface area contributed by atoms with E-state index in [1.807, 2.05) is 12.1 Å². The van der Waals surface area contributed by atoms with E-state index in [0.717, 1.165) is 29.2 Å². The number of carboxylic acid groups (broad SMARTS) is 1. The molecule has 0 fully saturated rings. The first-order valence-corrected chi connectivity index (χ1v) is 12.4. The van der Waals surface area contributed by atoms with E-state index in [4.69, 9.17) is 14.6 Å². The molecule has 188 valence electrons. The summed E-state index contributed by atoms with van der Waals surface area (Å²) in [7, 11) is 0. The Labute approximate surface area is 201 Å². The number of carbonyl (C=O) groups excluding carboxylic acids is 1. The highest BCUT2D eigenvalue weighted by molar-refractivity contribution is 5.79. The second-order valence-corrected chi connectivity index (χ2v) is 11.8. The monoisotopic (exact) mass is 462 g/mol. The van der Waals surface area contributed by atoms with E-state index in [9.17, 15) is 9.59 Å². The first-order valence-electron chi connectivity index (χ1n) is 12.4. The minimum absolute atomic E-state index is 0.157. The number of carbonyl (C=O) groups is 2. The Hall–Kier alpha value is -2.04. The third kappa shape index (κ3) is 10.6. The minimum Gasteiger partial charge on any atom is -0.494 e. The van der Waals surface area contributed by atoms with Crippen LogP contribution in [0.4, 0.5) is 0 Å². The minimum atomic E-state index is -1.01. The maximum absolute atomic E-state index is 12.4. The topological polar surface area (TPSA) is 72.8 Å². The molecule has 0 spiro atoms. The highest BCUT2D eigenvalue weighted by Crippen LogP contribution is 2.43. The first-order chi connectivity index (χ1) is 15.1. The number of carboxylic acids is 1. The largest absolute Gasteiger partial charge is 0.494 e. The molecule has 1 aromatic carbocycles. The SMILES string of the molecule is CC(C)CCCC(C)CCOc1cc(C(C)(C)C)c(OC(=O)CCC(=O)O)c(C(C)(C)C)c1. The van der Waals surface area contributed by atoms with Gasteiger partial charge in [0.2, 0.25) is 0 Å².